The third-order valence-corrected chi connectivity index (χ3v) is 24.4. The molecule has 2 heterocycles. The monoisotopic (exact) mass is 984 g/mol. The summed E-state index contributed by atoms with van der Waals surface area (Å²) in [6.45, 7) is 25.8. The van der Waals surface area contributed by atoms with Crippen LogP contribution < -0.4 is 21.2 Å². The SMILES string of the molecule is CC(C)(C)c1cccc(C(C)(C)C)c1P(=O)(CCP1(=O)OCC2(CO1)COP(=O)(C(CP(=O)(c1ccccc1)c1ccccc1)c1ccccc1)OC2)c1c(C(C)(C)C)cccc1C(C)(C)C. The molecule has 1 spiro atoms. The van der Waals surface area contributed by atoms with E-state index in [2.05, 4.69) is 119 Å². The first kappa shape index (κ1) is 51.7. The van der Waals surface area contributed by atoms with Crippen LogP contribution in [0.3, 0.4) is 0 Å². The zero-order valence-electron chi connectivity index (χ0n) is 41.7. The third kappa shape index (κ3) is 10.8. The fourth-order valence-electron chi connectivity index (χ4n) is 9.45. The van der Waals surface area contributed by atoms with E-state index in [-0.39, 0.29) is 66.6 Å². The van der Waals surface area contributed by atoms with Crippen molar-refractivity contribution < 1.29 is 36.4 Å². The first-order valence-corrected chi connectivity index (χ1v) is 30.7. The normalized spacial score (nSPS) is 22.7. The average Bonchev–Trinajstić information content (AvgIpc) is 3.29. The van der Waals surface area contributed by atoms with Crippen LogP contribution in [0.4, 0.5) is 0 Å². The van der Waals surface area contributed by atoms with Gasteiger partial charge < -0.3 is 27.2 Å². The summed E-state index contributed by atoms with van der Waals surface area (Å²) in [5, 5.41) is 2.98. The second kappa shape index (κ2) is 18.9. The number of rotatable bonds is 11. The van der Waals surface area contributed by atoms with E-state index in [0.29, 0.717) is 16.2 Å². The number of benzene rings is 5. The van der Waals surface area contributed by atoms with Gasteiger partial charge >= 0.3 is 15.2 Å². The van der Waals surface area contributed by atoms with Crippen molar-refractivity contribution in [2.75, 3.05) is 44.9 Å². The van der Waals surface area contributed by atoms with Crippen molar-refractivity contribution in [2.45, 2.75) is 110 Å². The molecule has 0 aromatic heterocycles. The predicted octanol–water partition coefficient (Wildman–Crippen LogP) is 13.4. The molecule has 0 saturated carbocycles. The molecule has 0 bridgehead atoms. The summed E-state index contributed by atoms with van der Waals surface area (Å²) < 4.78 is 88.2. The van der Waals surface area contributed by atoms with Gasteiger partial charge in [-0.15, -0.1) is 0 Å². The van der Waals surface area contributed by atoms with Gasteiger partial charge in [0.2, 0.25) is 0 Å². The maximum Gasteiger partial charge on any atom is 0.338 e. The molecule has 0 N–H and O–H groups in total. The Bertz CT molecular complexity index is 2530. The summed E-state index contributed by atoms with van der Waals surface area (Å²) >= 11 is 0. The molecule has 1 unspecified atom stereocenters. The lowest BCUT2D eigenvalue weighted by atomic mass is 9.80. The molecule has 12 heteroatoms. The standard InChI is InChI=1S/C55H72O8P4/c1-51(2,3)44-30-22-31-45(52(4,5)6)49(44)64(56,50-46(53(7,8)9)32-23-33-47(50)54(10,11)12)34-35-66(58)60-37-55(38-61-66)39-62-67(59,63-40-55)48(41-24-16-13-17-25-41)36-65(57,42-26-18-14-19-27-42)43-28-20-15-21-29-43/h13-33,48H,34-40H2,1-12H3. The van der Waals surface area contributed by atoms with Crippen molar-refractivity contribution in [3.05, 3.63) is 155 Å². The van der Waals surface area contributed by atoms with Crippen LogP contribution in [-0.4, -0.2) is 44.9 Å². The van der Waals surface area contributed by atoms with Gasteiger partial charge in [-0.2, -0.15) is 0 Å². The molecule has 8 nitrogen and oxygen atoms in total. The van der Waals surface area contributed by atoms with Crippen LogP contribution in [0.15, 0.2) is 127 Å². The van der Waals surface area contributed by atoms with Gasteiger partial charge in [-0.3, -0.25) is 9.13 Å². The van der Waals surface area contributed by atoms with Gasteiger partial charge in [-0.25, -0.2) is 0 Å². The van der Waals surface area contributed by atoms with Gasteiger partial charge in [0.05, 0.1) is 43.7 Å². The molecule has 2 saturated heterocycles. The predicted molar refractivity (Wildman–Crippen MR) is 280 cm³/mol. The van der Waals surface area contributed by atoms with Crippen LogP contribution in [-0.2, 0) is 58.0 Å². The van der Waals surface area contributed by atoms with E-state index in [1.165, 1.54) is 0 Å². The first-order chi connectivity index (χ1) is 31.1. The van der Waals surface area contributed by atoms with Crippen molar-refractivity contribution in [2.24, 2.45) is 5.41 Å². The lowest BCUT2D eigenvalue weighted by Gasteiger charge is -2.44. The summed E-state index contributed by atoms with van der Waals surface area (Å²) in [5.41, 5.74) is 1.51. The Morgan fingerprint density at radius 3 is 1.18 bits per heavy atom. The van der Waals surface area contributed by atoms with Crippen LogP contribution in [0.25, 0.3) is 0 Å². The van der Waals surface area contributed by atoms with E-state index in [1.807, 2.05) is 91.0 Å². The molecule has 0 radical (unpaired) electrons. The van der Waals surface area contributed by atoms with Gasteiger partial charge in [0.25, 0.3) is 0 Å². The molecule has 5 aromatic rings. The molecule has 2 aliphatic heterocycles. The second-order valence-corrected chi connectivity index (χ2v) is 33.0. The minimum absolute atomic E-state index is 0.0160. The molecule has 0 amide bonds. The molecule has 7 rings (SSSR count). The van der Waals surface area contributed by atoms with Crippen molar-refractivity contribution >= 4 is 50.7 Å². The lowest BCUT2D eigenvalue weighted by Crippen LogP contribution is -2.46. The maximum absolute atomic E-state index is 17.2. The Balaban J connectivity index is 1.20. The number of hydrogen-bond acceptors (Lipinski definition) is 8. The molecule has 1 atom stereocenters. The van der Waals surface area contributed by atoms with Crippen LogP contribution in [0.5, 0.6) is 0 Å². The smallest absolute Gasteiger partial charge is 0.314 e. The van der Waals surface area contributed by atoms with Crippen molar-refractivity contribution in [1.82, 2.24) is 0 Å². The Hall–Kier alpha value is -3.14. The van der Waals surface area contributed by atoms with Crippen LogP contribution >= 0.6 is 29.5 Å². The summed E-state index contributed by atoms with van der Waals surface area (Å²) in [6, 6.07) is 40.6. The minimum atomic E-state index is -3.97. The quantitative estimate of drug-likeness (QED) is 0.121. The molecule has 0 aliphatic carbocycles. The highest BCUT2D eigenvalue weighted by atomic mass is 31.2. The van der Waals surface area contributed by atoms with Crippen molar-refractivity contribution in [3.63, 3.8) is 0 Å². The zero-order valence-corrected chi connectivity index (χ0v) is 45.3. The van der Waals surface area contributed by atoms with Gasteiger partial charge in [-0.05, 0) is 49.5 Å². The van der Waals surface area contributed by atoms with Crippen LogP contribution in [0, 0.1) is 5.41 Å². The van der Waals surface area contributed by atoms with E-state index < -0.39 is 40.5 Å². The summed E-state index contributed by atoms with van der Waals surface area (Å²) in [4.78, 5) is 0. The van der Waals surface area contributed by atoms with E-state index in [4.69, 9.17) is 18.1 Å². The lowest BCUT2D eigenvalue weighted by molar-refractivity contribution is -0.0694. The topological polar surface area (TPSA) is 105 Å². The molecule has 67 heavy (non-hydrogen) atoms. The zero-order chi connectivity index (χ0) is 48.9. The highest BCUT2D eigenvalue weighted by Gasteiger charge is 2.53. The largest absolute Gasteiger partial charge is 0.338 e. The van der Waals surface area contributed by atoms with Gasteiger partial charge in [0, 0.05) is 33.5 Å². The first-order valence-electron chi connectivity index (χ1n) is 23.5. The Morgan fingerprint density at radius 1 is 0.478 bits per heavy atom. The fourth-order valence-corrected chi connectivity index (χ4v) is 22.8. The van der Waals surface area contributed by atoms with Gasteiger partial charge in [-0.1, -0.05) is 210 Å². The molecule has 5 aromatic carbocycles. The Morgan fingerprint density at radius 2 is 0.821 bits per heavy atom. The minimum Gasteiger partial charge on any atom is -0.314 e. The molecular weight excluding hydrogens is 912 g/mol. The van der Waals surface area contributed by atoms with Crippen LogP contribution in [0.1, 0.15) is 117 Å². The molecule has 2 fully saturated rings. The highest BCUT2D eigenvalue weighted by Crippen LogP contribution is 2.69. The van der Waals surface area contributed by atoms with E-state index in [0.717, 1.165) is 32.9 Å². The summed E-state index contributed by atoms with van der Waals surface area (Å²) in [5.74, 6) is 0. The van der Waals surface area contributed by atoms with Crippen molar-refractivity contribution in [3.8, 4) is 0 Å². The third-order valence-electron chi connectivity index (χ3n) is 13.3. The van der Waals surface area contributed by atoms with E-state index in [1.54, 1.807) is 0 Å². The molecular formula is C55H72O8P4. The van der Waals surface area contributed by atoms with E-state index >= 15 is 18.3 Å². The highest BCUT2D eigenvalue weighted by molar-refractivity contribution is 7.80. The Labute approximate surface area is 401 Å². The summed E-state index contributed by atoms with van der Waals surface area (Å²) in [6.07, 6.45) is 0.00457. The second-order valence-electron chi connectivity index (χ2n) is 22.9. The molecule has 2 aliphatic rings. The molecule has 360 valence electrons. The maximum atomic E-state index is 17.2. The van der Waals surface area contributed by atoms with Gasteiger partial charge in [0.15, 0.2) is 0 Å². The van der Waals surface area contributed by atoms with E-state index in [9.17, 15) is 0 Å². The van der Waals surface area contributed by atoms with Crippen molar-refractivity contribution in [1.29, 1.82) is 0 Å². The Kier molecular flexibility index (Phi) is 14.6. The van der Waals surface area contributed by atoms with Gasteiger partial charge in [0.1, 0.15) is 14.3 Å². The summed E-state index contributed by atoms with van der Waals surface area (Å²) in [7, 11) is -14.9. The van der Waals surface area contributed by atoms with Crippen LogP contribution in [0.2, 0.25) is 0 Å². The number of hydrogen-bond donors (Lipinski definition) is 0. The fraction of sp³-hybridized carbons (Fsp3) is 0.455. The average molecular weight is 985 g/mol.